The Hall–Kier alpha value is -1.26. The van der Waals surface area contributed by atoms with Gasteiger partial charge in [0.2, 0.25) is 5.91 Å². The van der Waals surface area contributed by atoms with Gasteiger partial charge in [-0.25, -0.2) is 4.79 Å². The highest BCUT2D eigenvalue weighted by Gasteiger charge is 2.36. The number of amides is 3. The van der Waals surface area contributed by atoms with Gasteiger partial charge in [0.1, 0.15) is 0 Å². The predicted octanol–water partition coefficient (Wildman–Crippen LogP) is 4.17. The summed E-state index contributed by atoms with van der Waals surface area (Å²) in [5, 5.41) is 3.11. The van der Waals surface area contributed by atoms with Gasteiger partial charge in [-0.2, -0.15) is 0 Å². The smallest absolute Gasteiger partial charge is 0.317 e. The van der Waals surface area contributed by atoms with E-state index in [9.17, 15) is 9.59 Å². The van der Waals surface area contributed by atoms with E-state index in [1.165, 1.54) is 64.2 Å². The van der Waals surface area contributed by atoms with Gasteiger partial charge >= 0.3 is 6.03 Å². The molecule has 4 aliphatic rings. The molecule has 4 atom stereocenters. The highest BCUT2D eigenvalue weighted by molar-refractivity contribution is 5.77. The number of rotatable bonds is 4. The van der Waals surface area contributed by atoms with Crippen molar-refractivity contribution in [3.63, 3.8) is 0 Å². The molecule has 5 nitrogen and oxygen atoms in total. The molecule has 1 N–H and O–H groups in total. The molecule has 4 rings (SSSR count). The van der Waals surface area contributed by atoms with Crippen LogP contribution in [0.1, 0.15) is 83.5 Å². The molecule has 28 heavy (non-hydrogen) atoms. The first kappa shape index (κ1) is 20.0. The topological polar surface area (TPSA) is 52.7 Å². The molecule has 2 saturated heterocycles. The monoisotopic (exact) mass is 389 g/mol. The van der Waals surface area contributed by atoms with Gasteiger partial charge in [0, 0.05) is 38.6 Å². The average Bonchev–Trinajstić information content (AvgIpc) is 2.75. The second kappa shape index (κ2) is 9.49. The van der Waals surface area contributed by atoms with Crippen LogP contribution in [0.2, 0.25) is 0 Å². The first-order valence-electron chi connectivity index (χ1n) is 12.0. The zero-order chi connectivity index (χ0) is 19.3. The molecule has 2 heterocycles. The van der Waals surface area contributed by atoms with Gasteiger partial charge in [0.25, 0.3) is 0 Å². The first-order valence-corrected chi connectivity index (χ1v) is 12.0. The zero-order valence-corrected chi connectivity index (χ0v) is 17.5. The molecular formula is C23H39N3O2. The molecule has 0 spiro atoms. The molecule has 4 unspecified atom stereocenters. The standard InChI is InChI=1S/C23H39N3O2/c27-22(25-16-13-18-7-1-2-9-20(18)17-25)12-5-14-24-23(28)26-15-6-10-19-8-3-4-11-21(19)26/h18-21H,1-17H2,(H,24,28). The molecule has 5 heteroatoms. The summed E-state index contributed by atoms with van der Waals surface area (Å²) in [6.45, 7) is 3.45. The third-order valence-corrected chi connectivity index (χ3v) is 7.99. The number of fused-ring (bicyclic) bond motifs is 2. The van der Waals surface area contributed by atoms with Crippen LogP contribution >= 0.6 is 0 Å². The van der Waals surface area contributed by atoms with E-state index in [-0.39, 0.29) is 6.03 Å². The second-order valence-electron chi connectivity index (χ2n) is 9.72. The van der Waals surface area contributed by atoms with Gasteiger partial charge in [-0.15, -0.1) is 0 Å². The van der Waals surface area contributed by atoms with Crippen molar-refractivity contribution in [2.24, 2.45) is 17.8 Å². The Kier molecular flexibility index (Phi) is 6.79. The normalized spacial score (nSPS) is 33.0. The lowest BCUT2D eigenvalue weighted by Crippen LogP contribution is -2.53. The molecule has 2 saturated carbocycles. The zero-order valence-electron chi connectivity index (χ0n) is 17.5. The summed E-state index contributed by atoms with van der Waals surface area (Å²) in [5.41, 5.74) is 0. The fourth-order valence-electron chi connectivity index (χ4n) is 6.40. The minimum atomic E-state index is 0.104. The van der Waals surface area contributed by atoms with Crippen LogP contribution < -0.4 is 5.32 Å². The molecule has 4 fully saturated rings. The number of carbonyl (C=O) groups is 2. The number of nitrogens with one attached hydrogen (secondary N) is 1. The van der Waals surface area contributed by atoms with Crippen molar-refractivity contribution in [3.05, 3.63) is 0 Å². The number of likely N-dealkylation sites (tertiary alicyclic amines) is 2. The summed E-state index contributed by atoms with van der Waals surface area (Å²) in [7, 11) is 0. The van der Waals surface area contributed by atoms with Crippen molar-refractivity contribution in [2.75, 3.05) is 26.2 Å². The van der Waals surface area contributed by atoms with Crippen molar-refractivity contribution >= 4 is 11.9 Å². The van der Waals surface area contributed by atoms with Crippen LogP contribution in [0.15, 0.2) is 0 Å². The molecule has 0 aromatic heterocycles. The summed E-state index contributed by atoms with van der Waals surface area (Å²) < 4.78 is 0. The van der Waals surface area contributed by atoms with E-state index in [0.717, 1.165) is 50.2 Å². The number of urea groups is 1. The number of carbonyl (C=O) groups excluding carboxylic acids is 2. The molecule has 3 amide bonds. The highest BCUT2D eigenvalue weighted by Crippen LogP contribution is 2.36. The van der Waals surface area contributed by atoms with E-state index >= 15 is 0 Å². The van der Waals surface area contributed by atoms with Crippen LogP contribution in [0, 0.1) is 17.8 Å². The van der Waals surface area contributed by atoms with E-state index in [1.807, 2.05) is 0 Å². The average molecular weight is 390 g/mol. The van der Waals surface area contributed by atoms with Gasteiger partial charge in [-0.1, -0.05) is 32.1 Å². The third kappa shape index (κ3) is 4.65. The Morgan fingerprint density at radius 2 is 1.50 bits per heavy atom. The van der Waals surface area contributed by atoms with Crippen LogP contribution in [0.4, 0.5) is 4.79 Å². The van der Waals surface area contributed by atoms with Crippen LogP contribution in [-0.2, 0) is 4.79 Å². The van der Waals surface area contributed by atoms with Gasteiger partial charge in [0.15, 0.2) is 0 Å². The lowest BCUT2D eigenvalue weighted by molar-refractivity contribution is -0.134. The molecule has 0 bridgehead atoms. The van der Waals surface area contributed by atoms with Crippen molar-refractivity contribution in [1.82, 2.24) is 15.1 Å². The van der Waals surface area contributed by atoms with Crippen LogP contribution in [0.5, 0.6) is 0 Å². The Balaban J connectivity index is 1.16. The van der Waals surface area contributed by atoms with Gasteiger partial charge in [-0.3, -0.25) is 4.79 Å². The van der Waals surface area contributed by atoms with E-state index in [1.54, 1.807) is 0 Å². The quantitative estimate of drug-likeness (QED) is 0.734. The summed E-state index contributed by atoms with van der Waals surface area (Å²) in [6, 6.07) is 0.563. The van der Waals surface area contributed by atoms with Crippen molar-refractivity contribution in [3.8, 4) is 0 Å². The Labute approximate surface area is 170 Å². The van der Waals surface area contributed by atoms with Crippen molar-refractivity contribution in [2.45, 2.75) is 89.5 Å². The first-order chi connectivity index (χ1) is 13.7. The van der Waals surface area contributed by atoms with Gasteiger partial charge < -0.3 is 15.1 Å². The number of hydrogen-bond acceptors (Lipinski definition) is 2. The summed E-state index contributed by atoms with van der Waals surface area (Å²) in [5.74, 6) is 2.63. The fraction of sp³-hybridized carbons (Fsp3) is 0.913. The summed E-state index contributed by atoms with van der Waals surface area (Å²) in [4.78, 5) is 29.5. The lowest BCUT2D eigenvalue weighted by Gasteiger charge is -2.44. The molecule has 2 aliphatic heterocycles. The maximum Gasteiger partial charge on any atom is 0.317 e. The number of piperidine rings is 2. The van der Waals surface area contributed by atoms with E-state index in [2.05, 4.69) is 15.1 Å². The number of hydrogen-bond donors (Lipinski definition) is 1. The van der Waals surface area contributed by atoms with Crippen LogP contribution in [0.25, 0.3) is 0 Å². The molecular weight excluding hydrogens is 350 g/mol. The summed E-state index contributed by atoms with van der Waals surface area (Å²) in [6.07, 6.45) is 15.4. The minimum Gasteiger partial charge on any atom is -0.342 e. The summed E-state index contributed by atoms with van der Waals surface area (Å²) >= 11 is 0. The Morgan fingerprint density at radius 3 is 2.36 bits per heavy atom. The fourth-order valence-corrected chi connectivity index (χ4v) is 6.40. The maximum atomic E-state index is 12.7. The van der Waals surface area contributed by atoms with Crippen molar-refractivity contribution < 1.29 is 9.59 Å². The molecule has 2 aliphatic carbocycles. The SMILES string of the molecule is O=C(CCCNC(=O)N1CCCC2CCCCC21)N1CCC2CCCCC2C1. The Bertz CT molecular complexity index is 550. The number of nitrogens with zero attached hydrogens (tertiary/aromatic N) is 2. The highest BCUT2D eigenvalue weighted by atomic mass is 16.2. The molecule has 158 valence electrons. The largest absolute Gasteiger partial charge is 0.342 e. The van der Waals surface area contributed by atoms with Gasteiger partial charge in [-0.05, 0) is 62.7 Å². The molecule has 0 aromatic carbocycles. The van der Waals surface area contributed by atoms with Crippen LogP contribution in [0.3, 0.4) is 0 Å². The predicted molar refractivity (Wildman–Crippen MR) is 111 cm³/mol. The minimum absolute atomic E-state index is 0.104. The Morgan fingerprint density at radius 1 is 0.786 bits per heavy atom. The molecule has 0 radical (unpaired) electrons. The van der Waals surface area contributed by atoms with E-state index in [4.69, 9.17) is 0 Å². The second-order valence-corrected chi connectivity index (χ2v) is 9.72. The lowest BCUT2D eigenvalue weighted by atomic mass is 9.75. The molecule has 0 aromatic rings. The van der Waals surface area contributed by atoms with Crippen LogP contribution in [-0.4, -0.2) is 54.0 Å². The van der Waals surface area contributed by atoms with Gasteiger partial charge in [0.05, 0.1) is 0 Å². The van der Waals surface area contributed by atoms with E-state index in [0.29, 0.717) is 24.9 Å². The van der Waals surface area contributed by atoms with Crippen molar-refractivity contribution in [1.29, 1.82) is 0 Å². The third-order valence-electron chi connectivity index (χ3n) is 7.99. The maximum absolute atomic E-state index is 12.7. The van der Waals surface area contributed by atoms with E-state index < -0.39 is 0 Å².